The van der Waals surface area contributed by atoms with Crippen LogP contribution in [0.5, 0.6) is 0 Å². The van der Waals surface area contributed by atoms with Crippen molar-refractivity contribution in [3.63, 3.8) is 0 Å². The molecule has 1 heteroatoms. The SMILES string of the molecule is C[CH-]C.[Mn]. The first-order valence-corrected chi connectivity index (χ1v) is 1.15. The molecule has 0 spiro atoms. The van der Waals surface area contributed by atoms with Crippen molar-refractivity contribution in [2.45, 2.75) is 13.8 Å². The minimum atomic E-state index is 0. The van der Waals surface area contributed by atoms with Gasteiger partial charge in [-0.25, -0.2) is 0 Å². The van der Waals surface area contributed by atoms with Crippen molar-refractivity contribution in [3.8, 4) is 0 Å². The average molecular weight is 98.0 g/mol. The number of hydrogen-bond acceptors (Lipinski definition) is 0. The van der Waals surface area contributed by atoms with Crippen molar-refractivity contribution in [2.75, 3.05) is 0 Å². The van der Waals surface area contributed by atoms with Crippen LogP contribution in [0, 0.1) is 6.42 Å². The molecule has 0 aromatic rings. The van der Waals surface area contributed by atoms with Gasteiger partial charge < -0.3 is 6.42 Å². The molecule has 4 heavy (non-hydrogen) atoms. The largest absolute Gasteiger partial charge is 0.335 e. The maximum Gasteiger partial charge on any atom is 0 e. The van der Waals surface area contributed by atoms with Gasteiger partial charge >= 0.3 is 0 Å². The molecular weight excluding hydrogens is 91.0 g/mol. The predicted molar refractivity (Wildman–Crippen MR) is 15.6 cm³/mol. The second-order valence-corrected chi connectivity index (χ2v) is 0.577. The normalized spacial score (nSPS) is 4.50. The van der Waals surface area contributed by atoms with Gasteiger partial charge in [0.1, 0.15) is 0 Å². The van der Waals surface area contributed by atoms with Crippen LogP contribution in [0.25, 0.3) is 0 Å². The van der Waals surface area contributed by atoms with Gasteiger partial charge in [-0.1, -0.05) is 0 Å². The van der Waals surface area contributed by atoms with E-state index >= 15 is 0 Å². The zero-order valence-electron chi connectivity index (χ0n) is 2.96. The molecule has 0 saturated carbocycles. The molecule has 0 atom stereocenters. The molecule has 0 saturated heterocycles. The molecule has 0 bridgehead atoms. The Bertz CT molecular complexity index is 3.25. The molecule has 0 aliphatic rings. The van der Waals surface area contributed by atoms with E-state index < -0.39 is 0 Å². The summed E-state index contributed by atoms with van der Waals surface area (Å²) in [5.74, 6) is 0. The van der Waals surface area contributed by atoms with E-state index in [2.05, 4.69) is 0 Å². The molecule has 0 rings (SSSR count). The molecule has 0 nitrogen and oxygen atoms in total. The first-order valence-electron chi connectivity index (χ1n) is 1.15. The Labute approximate surface area is 38.1 Å². The molecule has 0 fully saturated rings. The molecule has 0 aromatic heterocycles. The third-order valence-corrected chi connectivity index (χ3v) is 0. The van der Waals surface area contributed by atoms with Gasteiger partial charge in [-0.3, -0.25) is 0 Å². The molecular formula is C3H7Mn-. The van der Waals surface area contributed by atoms with Crippen molar-refractivity contribution in [3.05, 3.63) is 6.42 Å². The van der Waals surface area contributed by atoms with Crippen LogP contribution in [0.15, 0.2) is 0 Å². The van der Waals surface area contributed by atoms with Crippen molar-refractivity contribution >= 4 is 0 Å². The first kappa shape index (κ1) is 8.82. The van der Waals surface area contributed by atoms with Gasteiger partial charge in [0.15, 0.2) is 0 Å². The van der Waals surface area contributed by atoms with Crippen LogP contribution in [-0.4, -0.2) is 0 Å². The van der Waals surface area contributed by atoms with Crippen LogP contribution >= 0.6 is 0 Å². The fraction of sp³-hybridized carbons (Fsp3) is 0.667. The van der Waals surface area contributed by atoms with Gasteiger partial charge in [-0.15, -0.1) is 0 Å². The van der Waals surface area contributed by atoms with Crippen LogP contribution < -0.4 is 0 Å². The standard InChI is InChI=1S/C3H7.Mn/c1-3-2;/h3H,1-2H3;/q-1;. The summed E-state index contributed by atoms with van der Waals surface area (Å²) in [6.45, 7) is 4.00. The Morgan fingerprint density at radius 1 is 1.25 bits per heavy atom. The van der Waals surface area contributed by atoms with Crippen LogP contribution in [0.4, 0.5) is 0 Å². The van der Waals surface area contributed by atoms with Crippen LogP contribution in [0.3, 0.4) is 0 Å². The summed E-state index contributed by atoms with van der Waals surface area (Å²) in [7, 11) is 0. The monoisotopic (exact) mass is 98.0 g/mol. The van der Waals surface area contributed by atoms with E-state index in [0.29, 0.717) is 0 Å². The fourth-order valence-electron chi connectivity index (χ4n) is 0. The summed E-state index contributed by atoms with van der Waals surface area (Å²) >= 11 is 0. The Morgan fingerprint density at radius 2 is 1.25 bits per heavy atom. The van der Waals surface area contributed by atoms with Crippen LogP contribution in [0.2, 0.25) is 0 Å². The van der Waals surface area contributed by atoms with E-state index in [1.165, 1.54) is 0 Å². The zero-order chi connectivity index (χ0) is 2.71. The Hall–Kier alpha value is 0.519. The van der Waals surface area contributed by atoms with Gasteiger partial charge in [-0.2, -0.15) is 13.8 Å². The van der Waals surface area contributed by atoms with Gasteiger partial charge in [0, 0.05) is 17.1 Å². The maximum absolute atomic E-state index is 2.00. The van der Waals surface area contributed by atoms with E-state index in [1.807, 2.05) is 20.3 Å². The summed E-state index contributed by atoms with van der Waals surface area (Å²) in [5, 5.41) is 0. The second kappa shape index (κ2) is 9.68. The first-order chi connectivity index (χ1) is 1.41. The molecule has 0 amide bonds. The van der Waals surface area contributed by atoms with E-state index in [-0.39, 0.29) is 17.1 Å². The minimum Gasteiger partial charge on any atom is -0.335 e. The third kappa shape index (κ3) is 21.6. The third-order valence-electron chi connectivity index (χ3n) is 0. The van der Waals surface area contributed by atoms with Crippen LogP contribution in [0.1, 0.15) is 13.8 Å². The van der Waals surface area contributed by atoms with Crippen LogP contribution in [-0.2, 0) is 17.1 Å². The molecule has 0 heterocycles. The van der Waals surface area contributed by atoms with E-state index in [1.54, 1.807) is 0 Å². The minimum absolute atomic E-state index is 0. The van der Waals surface area contributed by atoms with Crippen molar-refractivity contribution < 1.29 is 17.1 Å². The quantitative estimate of drug-likeness (QED) is 0.315. The Morgan fingerprint density at radius 3 is 1.25 bits per heavy atom. The fourth-order valence-corrected chi connectivity index (χ4v) is 0. The zero-order valence-corrected chi connectivity index (χ0v) is 4.14. The van der Waals surface area contributed by atoms with Crippen molar-refractivity contribution in [1.82, 2.24) is 0 Å². The van der Waals surface area contributed by atoms with Crippen molar-refractivity contribution in [2.24, 2.45) is 0 Å². The molecule has 1 radical (unpaired) electrons. The average Bonchev–Trinajstić information content (AvgIpc) is 0.918. The molecule has 27 valence electrons. The number of rotatable bonds is 0. The number of hydrogen-bond donors (Lipinski definition) is 0. The van der Waals surface area contributed by atoms with E-state index in [9.17, 15) is 0 Å². The molecule has 0 N–H and O–H groups in total. The van der Waals surface area contributed by atoms with Gasteiger partial charge in [0.05, 0.1) is 0 Å². The van der Waals surface area contributed by atoms with Gasteiger partial charge in [-0.05, 0) is 0 Å². The predicted octanol–water partition coefficient (Wildman–Crippen LogP) is 1.23. The summed E-state index contributed by atoms with van der Waals surface area (Å²) in [4.78, 5) is 0. The van der Waals surface area contributed by atoms with Crippen molar-refractivity contribution in [1.29, 1.82) is 0 Å². The second-order valence-electron chi connectivity index (χ2n) is 0.577. The summed E-state index contributed by atoms with van der Waals surface area (Å²) in [6, 6.07) is 0. The smallest absolute Gasteiger partial charge is 0 e. The maximum atomic E-state index is 2.00. The Balaban J connectivity index is 0. The summed E-state index contributed by atoms with van der Waals surface area (Å²) in [6.07, 6.45) is 2.00. The van der Waals surface area contributed by atoms with E-state index in [4.69, 9.17) is 0 Å². The summed E-state index contributed by atoms with van der Waals surface area (Å²) in [5.41, 5.74) is 0. The molecule has 0 aliphatic carbocycles. The topological polar surface area (TPSA) is 0 Å². The molecule has 0 aromatic carbocycles. The van der Waals surface area contributed by atoms with E-state index in [0.717, 1.165) is 0 Å². The molecule has 0 aliphatic heterocycles. The molecule has 0 unspecified atom stereocenters. The van der Waals surface area contributed by atoms with Gasteiger partial charge in [0.2, 0.25) is 0 Å². The Kier molecular flexibility index (Phi) is 21.3. The van der Waals surface area contributed by atoms with Gasteiger partial charge in [0.25, 0.3) is 0 Å². The summed E-state index contributed by atoms with van der Waals surface area (Å²) < 4.78 is 0.